The van der Waals surface area contributed by atoms with Crippen LogP contribution in [0.5, 0.6) is 0 Å². The van der Waals surface area contributed by atoms with Crippen LogP contribution in [-0.4, -0.2) is 34.2 Å². The maximum Gasteiger partial charge on any atom is 0.348 e. The van der Waals surface area contributed by atoms with Crippen LogP contribution in [0.25, 0.3) is 0 Å². The third kappa shape index (κ3) is 5.90. The molecule has 6 heteroatoms. The van der Waals surface area contributed by atoms with Crippen molar-refractivity contribution in [3.8, 4) is 11.8 Å². The Morgan fingerprint density at radius 2 is 1.81 bits per heavy atom. The summed E-state index contributed by atoms with van der Waals surface area (Å²) in [5.41, 5.74) is 0.377. The van der Waals surface area contributed by atoms with Gasteiger partial charge in [-0.05, 0) is 83.1 Å². The zero-order valence-corrected chi connectivity index (χ0v) is 19.9. The van der Waals surface area contributed by atoms with Gasteiger partial charge in [-0.15, -0.1) is 11.3 Å². The van der Waals surface area contributed by atoms with Crippen LogP contribution in [0.4, 0.5) is 5.69 Å². The fourth-order valence-corrected chi connectivity index (χ4v) is 5.51. The fourth-order valence-electron chi connectivity index (χ4n) is 4.79. The summed E-state index contributed by atoms with van der Waals surface area (Å²) in [4.78, 5) is 27.8. The van der Waals surface area contributed by atoms with E-state index in [9.17, 15) is 19.8 Å². The molecule has 2 saturated carbocycles. The molecule has 1 heterocycles. The lowest BCUT2D eigenvalue weighted by atomic mass is 9.73. The first-order chi connectivity index (χ1) is 14.6. The van der Waals surface area contributed by atoms with Gasteiger partial charge in [-0.3, -0.25) is 4.79 Å². The number of carboxylic acids is 1. The van der Waals surface area contributed by atoms with Crippen molar-refractivity contribution in [1.29, 1.82) is 0 Å². The first-order valence-corrected chi connectivity index (χ1v) is 12.3. The number of hydrogen-bond acceptors (Lipinski definition) is 4. The summed E-state index contributed by atoms with van der Waals surface area (Å²) in [5, 5.41) is 21.4. The minimum Gasteiger partial charge on any atom is -0.477 e. The number of amides is 1. The molecule has 31 heavy (non-hydrogen) atoms. The zero-order valence-electron chi connectivity index (χ0n) is 19.1. The first kappa shape index (κ1) is 23.8. The Kier molecular flexibility index (Phi) is 7.49. The number of aliphatic hydroxyl groups excluding tert-OH is 1. The summed E-state index contributed by atoms with van der Waals surface area (Å²) >= 11 is 1.16. The van der Waals surface area contributed by atoms with E-state index in [1.54, 1.807) is 16.3 Å². The smallest absolute Gasteiger partial charge is 0.348 e. The molecule has 0 aliphatic heterocycles. The van der Waals surface area contributed by atoms with Crippen molar-refractivity contribution in [3.05, 3.63) is 16.3 Å². The number of rotatable bonds is 4. The number of hydrogen-bond donors (Lipinski definition) is 2. The fraction of sp³-hybridized carbons (Fsp3) is 0.680. The maximum atomic E-state index is 14.0. The summed E-state index contributed by atoms with van der Waals surface area (Å²) in [6.07, 6.45) is 4.96. The van der Waals surface area contributed by atoms with E-state index < -0.39 is 5.97 Å². The zero-order chi connectivity index (χ0) is 22.8. The monoisotopic (exact) mass is 445 g/mol. The Labute approximate surface area is 189 Å². The van der Waals surface area contributed by atoms with Crippen molar-refractivity contribution >= 4 is 28.9 Å². The van der Waals surface area contributed by atoms with Crippen LogP contribution in [0.2, 0.25) is 0 Å². The van der Waals surface area contributed by atoms with Gasteiger partial charge in [0.25, 0.3) is 0 Å². The van der Waals surface area contributed by atoms with Crippen molar-refractivity contribution in [2.24, 2.45) is 23.2 Å². The molecule has 3 atom stereocenters. The maximum absolute atomic E-state index is 14.0. The molecule has 2 N–H and O–H groups in total. The van der Waals surface area contributed by atoms with Gasteiger partial charge in [-0.2, -0.15) is 0 Å². The molecule has 3 unspecified atom stereocenters. The molecule has 0 radical (unpaired) electrons. The van der Waals surface area contributed by atoms with Crippen molar-refractivity contribution < 1.29 is 19.8 Å². The van der Waals surface area contributed by atoms with Gasteiger partial charge < -0.3 is 15.1 Å². The van der Waals surface area contributed by atoms with Gasteiger partial charge in [-0.25, -0.2) is 4.79 Å². The first-order valence-electron chi connectivity index (χ1n) is 11.4. The number of thiophene rings is 1. The van der Waals surface area contributed by atoms with E-state index in [4.69, 9.17) is 0 Å². The molecule has 0 bridgehead atoms. The molecular formula is C25H35NO4S. The summed E-state index contributed by atoms with van der Waals surface area (Å²) in [5.74, 6) is 6.05. The highest BCUT2D eigenvalue weighted by atomic mass is 32.1. The normalized spacial score (nSPS) is 29.0. The molecule has 2 aliphatic carbocycles. The quantitative estimate of drug-likeness (QED) is 0.626. The minimum absolute atomic E-state index is 0.00222. The number of carbonyl (C=O) groups excluding carboxylic acids is 1. The number of aliphatic hydroxyl groups is 1. The summed E-state index contributed by atoms with van der Waals surface area (Å²) in [6, 6.07) is 1.68. The minimum atomic E-state index is -1.00. The highest BCUT2D eigenvalue weighted by Crippen LogP contribution is 2.39. The van der Waals surface area contributed by atoms with Crippen LogP contribution < -0.4 is 4.90 Å². The van der Waals surface area contributed by atoms with Crippen LogP contribution in [-0.2, 0) is 4.79 Å². The Hall–Kier alpha value is -1.84. The van der Waals surface area contributed by atoms with Gasteiger partial charge in [0.05, 0.1) is 17.7 Å². The second kappa shape index (κ2) is 9.75. The van der Waals surface area contributed by atoms with Crippen molar-refractivity contribution in [2.75, 3.05) is 4.90 Å². The summed E-state index contributed by atoms with van der Waals surface area (Å²) in [7, 11) is 0. The van der Waals surface area contributed by atoms with E-state index in [-0.39, 0.29) is 40.2 Å². The van der Waals surface area contributed by atoms with Crippen molar-refractivity contribution in [2.45, 2.75) is 84.8 Å². The van der Waals surface area contributed by atoms with E-state index in [2.05, 4.69) is 39.5 Å². The molecule has 0 spiro atoms. The third-order valence-electron chi connectivity index (χ3n) is 6.43. The molecule has 0 saturated heterocycles. The van der Waals surface area contributed by atoms with E-state index in [0.29, 0.717) is 37.3 Å². The lowest BCUT2D eigenvalue weighted by molar-refractivity contribution is -0.125. The van der Waals surface area contributed by atoms with Gasteiger partial charge in [0, 0.05) is 17.4 Å². The third-order valence-corrected chi connectivity index (χ3v) is 7.32. The molecule has 0 aromatic carbocycles. The summed E-state index contributed by atoms with van der Waals surface area (Å²) in [6.45, 7) is 8.45. The number of aromatic carboxylic acids is 1. The van der Waals surface area contributed by atoms with Gasteiger partial charge in [0.1, 0.15) is 4.88 Å². The van der Waals surface area contributed by atoms with Crippen LogP contribution in [0, 0.1) is 35.0 Å². The summed E-state index contributed by atoms with van der Waals surface area (Å²) < 4.78 is 0. The van der Waals surface area contributed by atoms with Crippen LogP contribution >= 0.6 is 11.3 Å². The lowest BCUT2D eigenvalue weighted by Crippen LogP contribution is -2.48. The van der Waals surface area contributed by atoms with Gasteiger partial charge >= 0.3 is 5.97 Å². The second-order valence-electron chi connectivity index (χ2n) is 10.3. The second-order valence-corrected chi connectivity index (χ2v) is 11.2. The molecule has 2 aliphatic rings. The molecular weight excluding hydrogens is 410 g/mol. The highest BCUT2D eigenvalue weighted by molar-refractivity contribution is 7.12. The largest absolute Gasteiger partial charge is 0.477 e. The van der Waals surface area contributed by atoms with E-state index in [1.165, 1.54) is 0 Å². The number of carboxylic acid groups (broad SMARTS) is 1. The van der Waals surface area contributed by atoms with Gasteiger partial charge in [0.15, 0.2) is 0 Å². The topological polar surface area (TPSA) is 77.8 Å². The molecule has 1 amide bonds. The highest BCUT2D eigenvalue weighted by Gasteiger charge is 2.40. The van der Waals surface area contributed by atoms with Crippen LogP contribution in [0.1, 0.15) is 82.3 Å². The van der Waals surface area contributed by atoms with E-state index in [1.807, 2.05) is 0 Å². The predicted molar refractivity (Wildman–Crippen MR) is 124 cm³/mol. The molecule has 170 valence electrons. The predicted octanol–water partition coefficient (Wildman–Crippen LogP) is 5.18. The number of nitrogens with zero attached hydrogens (tertiary/aromatic N) is 1. The van der Waals surface area contributed by atoms with Crippen molar-refractivity contribution in [1.82, 2.24) is 0 Å². The lowest BCUT2D eigenvalue weighted by Gasteiger charge is -2.40. The Bertz CT molecular complexity index is 851. The molecule has 5 nitrogen and oxygen atoms in total. The average molecular weight is 446 g/mol. The standard InChI is InChI=1S/C25H35NO4S/c1-16-5-10-20(17(15-16)11-13-25(2,3)4)23(28)26(18-6-8-19(27)9-7-18)21-12-14-31-22(21)24(29)30/h12,14,16-20,27H,5-10,15H2,1-4H3,(H,29,30). The number of anilines is 1. The molecule has 1 aromatic rings. The van der Waals surface area contributed by atoms with Gasteiger partial charge in [0.2, 0.25) is 5.91 Å². The molecule has 1 aromatic heterocycles. The Morgan fingerprint density at radius 1 is 1.13 bits per heavy atom. The van der Waals surface area contributed by atoms with E-state index in [0.717, 1.165) is 30.6 Å². The SMILES string of the molecule is CC1CCC(C(=O)N(c2ccsc2C(=O)O)C2CCC(O)CC2)C(C#CC(C)(C)C)C1. The van der Waals surface area contributed by atoms with Crippen molar-refractivity contribution in [3.63, 3.8) is 0 Å². The van der Waals surface area contributed by atoms with E-state index >= 15 is 0 Å². The van der Waals surface area contributed by atoms with Crippen LogP contribution in [0.15, 0.2) is 11.4 Å². The molecule has 2 fully saturated rings. The molecule has 3 rings (SSSR count). The average Bonchev–Trinajstić information content (AvgIpc) is 3.17. The Balaban J connectivity index is 1.96. The number of carbonyl (C=O) groups is 2. The Morgan fingerprint density at radius 3 is 2.42 bits per heavy atom. The van der Waals surface area contributed by atoms with Gasteiger partial charge in [-0.1, -0.05) is 18.8 Å². The van der Waals surface area contributed by atoms with Crippen LogP contribution in [0.3, 0.4) is 0 Å².